The molecule has 0 spiro atoms. The van der Waals surface area contributed by atoms with Gasteiger partial charge in [-0.05, 0) is 60.5 Å². The molecule has 0 bridgehead atoms. The predicted molar refractivity (Wildman–Crippen MR) is 109 cm³/mol. The number of rotatable bonds is 6. The molecule has 0 saturated carbocycles. The fourth-order valence-corrected chi connectivity index (χ4v) is 3.85. The molecule has 0 aliphatic carbocycles. The van der Waals surface area contributed by atoms with Crippen LogP contribution < -0.4 is 9.04 Å². The van der Waals surface area contributed by atoms with Gasteiger partial charge in [-0.2, -0.15) is 0 Å². The first kappa shape index (κ1) is 19.6. The molecule has 3 rings (SSSR count). The summed E-state index contributed by atoms with van der Waals surface area (Å²) in [6.45, 7) is 2.05. The molecule has 6 heteroatoms. The van der Waals surface area contributed by atoms with E-state index in [-0.39, 0.29) is 10.5 Å². The molecule has 0 N–H and O–H groups in total. The molecule has 0 fully saturated rings. The Morgan fingerprint density at radius 3 is 2.07 bits per heavy atom. The molecule has 0 atom stereocenters. The SMILES string of the molecule is CCc1ccc(OC(=O)c2ccc(S(=O)(=O)N(C)c3ccccc3)cc2)cc1. The number of aryl methyl sites for hydroxylation is 1. The highest BCUT2D eigenvalue weighted by Crippen LogP contribution is 2.22. The third kappa shape index (κ3) is 4.23. The van der Waals surface area contributed by atoms with Crippen LogP contribution in [-0.2, 0) is 16.4 Å². The van der Waals surface area contributed by atoms with Crippen molar-refractivity contribution in [3.8, 4) is 5.75 Å². The number of benzene rings is 3. The molecular formula is C22H21NO4S. The van der Waals surface area contributed by atoms with Gasteiger partial charge in [-0.25, -0.2) is 13.2 Å². The second kappa shape index (κ2) is 8.27. The van der Waals surface area contributed by atoms with Crippen LogP contribution in [0.15, 0.2) is 83.8 Å². The van der Waals surface area contributed by atoms with E-state index in [2.05, 4.69) is 0 Å². The Hall–Kier alpha value is -3.12. The number of ether oxygens (including phenoxy) is 1. The van der Waals surface area contributed by atoms with Gasteiger partial charge in [0.2, 0.25) is 0 Å². The summed E-state index contributed by atoms with van der Waals surface area (Å²) in [4.78, 5) is 12.4. The van der Waals surface area contributed by atoms with Gasteiger partial charge in [0.1, 0.15) is 5.75 Å². The van der Waals surface area contributed by atoms with E-state index in [4.69, 9.17) is 4.74 Å². The van der Waals surface area contributed by atoms with Crippen molar-refractivity contribution in [1.29, 1.82) is 0 Å². The van der Waals surface area contributed by atoms with Gasteiger partial charge in [0.25, 0.3) is 10.0 Å². The van der Waals surface area contributed by atoms with Crippen LogP contribution in [0.5, 0.6) is 5.75 Å². The van der Waals surface area contributed by atoms with Gasteiger partial charge in [-0.1, -0.05) is 37.3 Å². The Bertz CT molecular complexity index is 1040. The number of sulfonamides is 1. The first-order chi connectivity index (χ1) is 13.4. The fourth-order valence-electron chi connectivity index (χ4n) is 2.66. The van der Waals surface area contributed by atoms with Crippen molar-refractivity contribution in [2.75, 3.05) is 11.4 Å². The lowest BCUT2D eigenvalue weighted by Gasteiger charge is -2.19. The lowest BCUT2D eigenvalue weighted by molar-refractivity contribution is 0.0734. The molecule has 0 heterocycles. The van der Waals surface area contributed by atoms with Gasteiger partial charge in [-0.3, -0.25) is 4.31 Å². The Balaban J connectivity index is 1.75. The van der Waals surface area contributed by atoms with Gasteiger partial charge in [0.05, 0.1) is 16.1 Å². The number of carbonyl (C=O) groups is 1. The highest BCUT2D eigenvalue weighted by Gasteiger charge is 2.21. The third-order valence-corrected chi connectivity index (χ3v) is 6.21. The number of carbonyl (C=O) groups excluding carboxylic acids is 1. The topological polar surface area (TPSA) is 63.7 Å². The van der Waals surface area contributed by atoms with Gasteiger partial charge in [0, 0.05) is 7.05 Å². The minimum atomic E-state index is -3.72. The van der Waals surface area contributed by atoms with E-state index in [0.717, 1.165) is 12.0 Å². The summed E-state index contributed by atoms with van der Waals surface area (Å²) >= 11 is 0. The standard InChI is InChI=1S/C22H21NO4S/c1-3-17-9-13-20(14-10-17)27-22(24)18-11-15-21(16-12-18)28(25,26)23(2)19-7-5-4-6-8-19/h4-16H,3H2,1-2H3. The Morgan fingerprint density at radius 2 is 1.50 bits per heavy atom. The van der Waals surface area contributed by atoms with Crippen molar-refractivity contribution in [3.05, 3.63) is 90.0 Å². The highest BCUT2D eigenvalue weighted by molar-refractivity contribution is 7.92. The lowest BCUT2D eigenvalue weighted by Crippen LogP contribution is -2.26. The second-order valence-corrected chi connectivity index (χ2v) is 8.19. The van der Waals surface area contributed by atoms with Crippen molar-refractivity contribution in [1.82, 2.24) is 0 Å². The molecule has 0 aliphatic heterocycles. The molecule has 28 heavy (non-hydrogen) atoms. The van der Waals surface area contributed by atoms with E-state index < -0.39 is 16.0 Å². The van der Waals surface area contributed by atoms with Crippen LogP contribution in [0.2, 0.25) is 0 Å². The maximum absolute atomic E-state index is 12.8. The van der Waals surface area contributed by atoms with Gasteiger partial charge < -0.3 is 4.74 Å². The first-order valence-corrected chi connectivity index (χ1v) is 10.3. The van der Waals surface area contributed by atoms with Crippen LogP contribution in [0.4, 0.5) is 5.69 Å². The van der Waals surface area contributed by atoms with Crippen LogP contribution in [0.1, 0.15) is 22.8 Å². The van der Waals surface area contributed by atoms with Gasteiger partial charge >= 0.3 is 5.97 Å². The molecule has 0 saturated heterocycles. The zero-order valence-electron chi connectivity index (χ0n) is 15.7. The summed E-state index contributed by atoms with van der Waals surface area (Å²) in [6.07, 6.45) is 0.904. The lowest BCUT2D eigenvalue weighted by atomic mass is 10.2. The zero-order valence-corrected chi connectivity index (χ0v) is 16.5. The van der Waals surface area contributed by atoms with E-state index in [0.29, 0.717) is 11.4 Å². The molecular weight excluding hydrogens is 374 g/mol. The molecule has 3 aromatic carbocycles. The van der Waals surface area contributed by atoms with Crippen molar-refractivity contribution in [2.45, 2.75) is 18.2 Å². The predicted octanol–water partition coefficient (Wildman–Crippen LogP) is 4.29. The minimum Gasteiger partial charge on any atom is -0.423 e. The first-order valence-electron chi connectivity index (χ1n) is 8.87. The smallest absolute Gasteiger partial charge is 0.343 e. The van der Waals surface area contributed by atoms with E-state index in [1.807, 2.05) is 25.1 Å². The zero-order chi connectivity index (χ0) is 20.1. The number of esters is 1. The Morgan fingerprint density at radius 1 is 0.893 bits per heavy atom. The average molecular weight is 395 g/mol. The van der Waals surface area contributed by atoms with Gasteiger partial charge in [-0.15, -0.1) is 0 Å². The average Bonchev–Trinajstić information content (AvgIpc) is 2.74. The number of anilines is 1. The summed E-state index contributed by atoms with van der Waals surface area (Å²) in [5.41, 5.74) is 1.99. The van der Waals surface area contributed by atoms with E-state index in [1.165, 1.54) is 35.6 Å². The van der Waals surface area contributed by atoms with Crippen molar-refractivity contribution >= 4 is 21.7 Å². The quantitative estimate of drug-likeness (QED) is 0.461. The molecule has 0 radical (unpaired) electrons. The normalized spacial score (nSPS) is 11.1. The maximum atomic E-state index is 12.8. The summed E-state index contributed by atoms with van der Waals surface area (Å²) in [5.74, 6) is -0.0904. The summed E-state index contributed by atoms with van der Waals surface area (Å²) in [5, 5.41) is 0. The van der Waals surface area contributed by atoms with Crippen LogP contribution >= 0.6 is 0 Å². The maximum Gasteiger partial charge on any atom is 0.343 e. The van der Waals surface area contributed by atoms with E-state index in [1.54, 1.807) is 36.4 Å². The van der Waals surface area contributed by atoms with Crippen LogP contribution in [0.3, 0.4) is 0 Å². The Labute approximate surface area is 165 Å². The summed E-state index contributed by atoms with van der Waals surface area (Å²) in [6, 6.07) is 21.8. The fraction of sp³-hybridized carbons (Fsp3) is 0.136. The van der Waals surface area contributed by atoms with Crippen LogP contribution in [-0.4, -0.2) is 21.4 Å². The molecule has 3 aromatic rings. The van der Waals surface area contributed by atoms with Crippen molar-refractivity contribution < 1.29 is 17.9 Å². The Kier molecular flexibility index (Phi) is 5.80. The van der Waals surface area contributed by atoms with E-state index >= 15 is 0 Å². The molecule has 0 aromatic heterocycles. The number of hydrogen-bond acceptors (Lipinski definition) is 4. The number of para-hydroxylation sites is 1. The molecule has 0 amide bonds. The van der Waals surface area contributed by atoms with E-state index in [9.17, 15) is 13.2 Å². The minimum absolute atomic E-state index is 0.0997. The largest absolute Gasteiger partial charge is 0.423 e. The summed E-state index contributed by atoms with van der Waals surface area (Å²) in [7, 11) is -2.23. The molecule has 5 nitrogen and oxygen atoms in total. The van der Waals surface area contributed by atoms with Gasteiger partial charge in [0.15, 0.2) is 0 Å². The molecule has 144 valence electrons. The third-order valence-electron chi connectivity index (χ3n) is 4.41. The van der Waals surface area contributed by atoms with Crippen molar-refractivity contribution in [2.24, 2.45) is 0 Å². The van der Waals surface area contributed by atoms with Crippen LogP contribution in [0.25, 0.3) is 0 Å². The number of nitrogens with zero attached hydrogens (tertiary/aromatic N) is 1. The number of hydrogen-bond donors (Lipinski definition) is 0. The highest BCUT2D eigenvalue weighted by atomic mass is 32.2. The monoisotopic (exact) mass is 395 g/mol. The van der Waals surface area contributed by atoms with Crippen molar-refractivity contribution in [3.63, 3.8) is 0 Å². The molecule has 0 aliphatic rings. The second-order valence-electron chi connectivity index (χ2n) is 6.22. The molecule has 0 unspecified atom stereocenters. The van der Waals surface area contributed by atoms with Crippen LogP contribution in [0, 0.1) is 0 Å². The summed E-state index contributed by atoms with van der Waals surface area (Å²) < 4.78 is 32.1.